The summed E-state index contributed by atoms with van der Waals surface area (Å²) in [6.45, 7) is 0.108. The topological polar surface area (TPSA) is 79.4 Å². The van der Waals surface area contributed by atoms with Crippen LogP contribution in [0.25, 0.3) is 0 Å². The smallest absolute Gasteiger partial charge is 0.293 e. The molecule has 1 saturated heterocycles. The van der Waals surface area contributed by atoms with Crippen LogP contribution in [0.2, 0.25) is 5.02 Å². The molecule has 0 spiro atoms. The molecule has 6 nitrogen and oxygen atoms in total. The van der Waals surface area contributed by atoms with Crippen LogP contribution in [0.5, 0.6) is 0 Å². The van der Waals surface area contributed by atoms with Crippen molar-refractivity contribution in [2.24, 2.45) is 0 Å². The standard InChI is InChI=1S/C15H10ClN3O3S2/c16-10-3-1-2-9(6-10)8-19-13(21)11(24-15(19)22)7-12(20)18-14-17-4-5-23-14/h1-7H,8H2,(H,17,18,20)/b11-7-. The normalized spacial score (nSPS) is 16.0. The quantitative estimate of drug-likeness (QED) is 0.822. The second kappa shape index (κ2) is 7.16. The van der Waals surface area contributed by atoms with Gasteiger partial charge in [0.1, 0.15) is 0 Å². The third-order valence-electron chi connectivity index (χ3n) is 3.03. The lowest BCUT2D eigenvalue weighted by Gasteiger charge is -2.12. The number of hydrogen-bond acceptors (Lipinski definition) is 6. The number of carbonyl (C=O) groups excluding carboxylic acids is 3. The van der Waals surface area contributed by atoms with E-state index in [0.717, 1.165) is 28.3 Å². The van der Waals surface area contributed by atoms with Gasteiger partial charge in [0.25, 0.3) is 17.1 Å². The predicted molar refractivity (Wildman–Crippen MR) is 93.8 cm³/mol. The van der Waals surface area contributed by atoms with Crippen molar-refractivity contribution in [3.8, 4) is 0 Å². The number of carbonyl (C=O) groups is 3. The molecule has 24 heavy (non-hydrogen) atoms. The van der Waals surface area contributed by atoms with E-state index < -0.39 is 17.1 Å². The first kappa shape index (κ1) is 16.7. The van der Waals surface area contributed by atoms with Crippen molar-refractivity contribution in [3.05, 3.63) is 57.4 Å². The van der Waals surface area contributed by atoms with Gasteiger partial charge in [-0.2, -0.15) is 0 Å². The first-order valence-electron chi connectivity index (χ1n) is 6.73. The Kier molecular flexibility index (Phi) is 4.98. The van der Waals surface area contributed by atoms with E-state index in [2.05, 4.69) is 10.3 Å². The van der Waals surface area contributed by atoms with E-state index in [1.807, 2.05) is 0 Å². The van der Waals surface area contributed by atoms with Crippen LogP contribution in [0.4, 0.5) is 9.93 Å². The van der Waals surface area contributed by atoms with E-state index in [4.69, 9.17) is 11.6 Å². The Morgan fingerprint density at radius 1 is 1.38 bits per heavy atom. The number of aromatic nitrogens is 1. The summed E-state index contributed by atoms with van der Waals surface area (Å²) in [5.41, 5.74) is 0.735. The van der Waals surface area contributed by atoms with Crippen molar-refractivity contribution >= 4 is 56.9 Å². The molecule has 0 radical (unpaired) electrons. The number of halogens is 1. The van der Waals surface area contributed by atoms with Gasteiger partial charge < -0.3 is 0 Å². The average Bonchev–Trinajstić information content (AvgIpc) is 3.12. The molecule has 1 aromatic carbocycles. The highest BCUT2D eigenvalue weighted by Gasteiger charge is 2.35. The van der Waals surface area contributed by atoms with Crippen molar-refractivity contribution < 1.29 is 14.4 Å². The fraction of sp³-hybridized carbons (Fsp3) is 0.0667. The molecule has 0 atom stereocenters. The van der Waals surface area contributed by atoms with Crippen LogP contribution in [0.1, 0.15) is 5.56 Å². The van der Waals surface area contributed by atoms with Gasteiger partial charge in [0.2, 0.25) is 0 Å². The Morgan fingerprint density at radius 2 is 2.21 bits per heavy atom. The average molecular weight is 380 g/mol. The predicted octanol–water partition coefficient (Wildman–Crippen LogP) is 3.51. The summed E-state index contributed by atoms with van der Waals surface area (Å²) in [6, 6.07) is 6.91. The minimum Gasteiger partial charge on any atom is -0.298 e. The van der Waals surface area contributed by atoms with Crippen LogP contribution in [0.3, 0.4) is 0 Å². The molecular weight excluding hydrogens is 370 g/mol. The van der Waals surface area contributed by atoms with Gasteiger partial charge in [-0.3, -0.25) is 24.6 Å². The summed E-state index contributed by atoms with van der Waals surface area (Å²) in [5.74, 6) is -1.00. The lowest BCUT2D eigenvalue weighted by atomic mass is 10.2. The summed E-state index contributed by atoms with van der Waals surface area (Å²) < 4.78 is 0. The van der Waals surface area contributed by atoms with Gasteiger partial charge in [0, 0.05) is 22.7 Å². The van der Waals surface area contributed by atoms with Gasteiger partial charge in [-0.1, -0.05) is 23.7 Å². The maximum absolute atomic E-state index is 12.3. The van der Waals surface area contributed by atoms with Crippen molar-refractivity contribution in [2.75, 3.05) is 5.32 Å². The maximum Gasteiger partial charge on any atom is 0.293 e. The van der Waals surface area contributed by atoms with Crippen molar-refractivity contribution in [1.29, 1.82) is 0 Å². The summed E-state index contributed by atoms with van der Waals surface area (Å²) in [6.07, 6.45) is 2.67. The van der Waals surface area contributed by atoms with Gasteiger partial charge in [-0.15, -0.1) is 11.3 Å². The Bertz CT molecular complexity index is 836. The summed E-state index contributed by atoms with van der Waals surface area (Å²) >= 11 is 7.90. The van der Waals surface area contributed by atoms with Crippen LogP contribution in [-0.4, -0.2) is 26.9 Å². The molecular formula is C15H10ClN3O3S2. The lowest BCUT2D eigenvalue weighted by Crippen LogP contribution is -2.27. The fourth-order valence-corrected chi connectivity index (χ4v) is 3.55. The number of thiazole rings is 1. The molecule has 1 aliphatic heterocycles. The zero-order valence-electron chi connectivity index (χ0n) is 12.1. The number of rotatable bonds is 4. The Hall–Kier alpha value is -2.16. The molecule has 1 aromatic heterocycles. The van der Waals surface area contributed by atoms with Gasteiger partial charge in [-0.25, -0.2) is 4.98 Å². The number of nitrogens with one attached hydrogen (secondary N) is 1. The van der Waals surface area contributed by atoms with Crippen LogP contribution in [0.15, 0.2) is 46.8 Å². The van der Waals surface area contributed by atoms with Crippen LogP contribution >= 0.6 is 34.7 Å². The number of nitrogens with zero attached hydrogens (tertiary/aromatic N) is 2. The third kappa shape index (κ3) is 3.84. The Morgan fingerprint density at radius 3 is 2.92 bits per heavy atom. The van der Waals surface area contributed by atoms with Crippen LogP contribution in [0, 0.1) is 0 Å². The summed E-state index contributed by atoms with van der Waals surface area (Å²) in [7, 11) is 0. The van der Waals surface area contributed by atoms with E-state index in [-0.39, 0.29) is 11.4 Å². The molecule has 2 heterocycles. The highest BCUT2D eigenvalue weighted by molar-refractivity contribution is 8.18. The molecule has 9 heteroatoms. The monoisotopic (exact) mass is 379 g/mol. The van der Waals surface area contributed by atoms with Crippen LogP contribution < -0.4 is 5.32 Å². The molecule has 0 saturated carbocycles. The van der Waals surface area contributed by atoms with Crippen molar-refractivity contribution in [3.63, 3.8) is 0 Å². The third-order valence-corrected chi connectivity index (χ3v) is 4.86. The van der Waals surface area contributed by atoms with Gasteiger partial charge in [0.15, 0.2) is 5.13 Å². The molecule has 0 unspecified atom stereocenters. The second-order valence-electron chi connectivity index (χ2n) is 4.72. The van der Waals surface area contributed by atoms with E-state index >= 15 is 0 Å². The van der Waals surface area contributed by atoms with E-state index in [1.54, 1.807) is 35.8 Å². The van der Waals surface area contributed by atoms with Crippen LogP contribution in [-0.2, 0) is 16.1 Å². The summed E-state index contributed by atoms with van der Waals surface area (Å²) in [4.78, 5) is 41.3. The number of hydrogen-bond donors (Lipinski definition) is 1. The lowest BCUT2D eigenvalue weighted by molar-refractivity contribution is -0.123. The van der Waals surface area contributed by atoms with Gasteiger partial charge in [0.05, 0.1) is 11.4 Å². The molecule has 1 fully saturated rings. The number of benzene rings is 1. The second-order valence-corrected chi connectivity index (χ2v) is 7.05. The minimum absolute atomic E-state index is 0.0797. The van der Waals surface area contributed by atoms with E-state index in [1.165, 1.54) is 11.3 Å². The van der Waals surface area contributed by atoms with E-state index in [0.29, 0.717) is 10.2 Å². The largest absolute Gasteiger partial charge is 0.298 e. The van der Waals surface area contributed by atoms with Gasteiger partial charge in [-0.05, 0) is 29.5 Å². The zero-order valence-corrected chi connectivity index (χ0v) is 14.5. The highest BCUT2D eigenvalue weighted by Crippen LogP contribution is 2.32. The van der Waals surface area contributed by atoms with Crippen molar-refractivity contribution in [1.82, 2.24) is 9.88 Å². The minimum atomic E-state index is -0.502. The molecule has 1 N–H and O–H groups in total. The number of anilines is 1. The molecule has 122 valence electrons. The molecule has 0 aliphatic carbocycles. The fourth-order valence-electron chi connectivity index (χ4n) is 2.00. The zero-order chi connectivity index (χ0) is 17.1. The molecule has 3 rings (SSSR count). The maximum atomic E-state index is 12.3. The molecule has 2 aromatic rings. The first-order valence-corrected chi connectivity index (χ1v) is 8.80. The number of thioether (sulfide) groups is 1. The number of amides is 3. The van der Waals surface area contributed by atoms with Crippen molar-refractivity contribution in [2.45, 2.75) is 6.54 Å². The van der Waals surface area contributed by atoms with Gasteiger partial charge >= 0.3 is 0 Å². The Balaban J connectivity index is 1.71. The number of imide groups is 1. The highest BCUT2D eigenvalue weighted by atomic mass is 35.5. The summed E-state index contributed by atoms with van der Waals surface area (Å²) in [5, 5.41) is 4.78. The Labute approximate surface area is 150 Å². The van der Waals surface area contributed by atoms with E-state index in [9.17, 15) is 14.4 Å². The first-order chi connectivity index (χ1) is 11.5. The SMILES string of the molecule is O=C(/C=C1\SC(=O)N(Cc2cccc(Cl)c2)C1=O)Nc1nccs1. The molecule has 0 bridgehead atoms. The molecule has 3 amide bonds. The molecule has 1 aliphatic rings.